The monoisotopic (exact) mass is 693 g/mol. The van der Waals surface area contributed by atoms with Crippen LogP contribution in [-0.4, -0.2) is 56.8 Å². The van der Waals surface area contributed by atoms with Crippen LogP contribution in [-0.2, 0) is 43.8 Å². The summed E-state index contributed by atoms with van der Waals surface area (Å²) >= 11 is 0. The smallest absolute Gasteiger partial charge is 0.259 e. The van der Waals surface area contributed by atoms with Crippen molar-refractivity contribution in [2.45, 2.75) is 64.8 Å². The maximum Gasteiger partial charge on any atom is 0.259 e. The van der Waals surface area contributed by atoms with Crippen molar-refractivity contribution < 1.29 is 19.5 Å². The largest absolute Gasteiger partial charge is 0.508 e. The van der Waals surface area contributed by atoms with Crippen LogP contribution in [0.15, 0.2) is 97.1 Å². The van der Waals surface area contributed by atoms with E-state index in [1.165, 1.54) is 5.56 Å². The van der Waals surface area contributed by atoms with Gasteiger partial charge in [-0.05, 0) is 109 Å². The molecule has 4 heterocycles. The Morgan fingerprint density at radius 1 is 0.808 bits per heavy atom. The Kier molecular flexibility index (Phi) is 8.79. The van der Waals surface area contributed by atoms with Crippen molar-refractivity contribution in [2.75, 3.05) is 23.8 Å². The molecule has 8 rings (SSSR count). The summed E-state index contributed by atoms with van der Waals surface area (Å²) in [6, 6.07) is 30.7. The number of phenolic OH excluding ortho intramolecular Hbond substituents is 1. The lowest BCUT2D eigenvalue weighted by molar-refractivity contribution is -0.129. The van der Waals surface area contributed by atoms with Crippen LogP contribution in [0.2, 0.25) is 0 Å². The summed E-state index contributed by atoms with van der Waals surface area (Å²) in [7, 11) is 1.75. The van der Waals surface area contributed by atoms with Gasteiger partial charge in [-0.2, -0.15) is 0 Å². The van der Waals surface area contributed by atoms with Crippen molar-refractivity contribution >= 4 is 29.1 Å². The minimum absolute atomic E-state index is 0.00275. The first kappa shape index (κ1) is 33.3. The first-order chi connectivity index (χ1) is 25.2. The molecular formula is C43H43N5O4. The molecule has 3 aliphatic heterocycles. The lowest BCUT2D eigenvalue weighted by Crippen LogP contribution is -2.42. The molecule has 2 N–H and O–H groups in total. The number of carbonyl (C=O) groups is 3. The number of carbonyl (C=O) groups excluding carboxylic acids is 3. The van der Waals surface area contributed by atoms with Gasteiger partial charge >= 0.3 is 0 Å². The molecule has 0 radical (unpaired) electrons. The molecule has 52 heavy (non-hydrogen) atoms. The van der Waals surface area contributed by atoms with Crippen LogP contribution in [0.25, 0.3) is 11.3 Å². The van der Waals surface area contributed by atoms with E-state index in [0.717, 1.165) is 71.6 Å². The van der Waals surface area contributed by atoms with Crippen LogP contribution in [0, 0.1) is 0 Å². The minimum Gasteiger partial charge on any atom is -0.508 e. The quantitative estimate of drug-likeness (QED) is 0.191. The van der Waals surface area contributed by atoms with Crippen molar-refractivity contribution in [3.05, 3.63) is 136 Å². The molecule has 5 aromatic rings. The van der Waals surface area contributed by atoms with Crippen LogP contribution < -0.4 is 10.2 Å². The molecule has 9 heteroatoms. The number of phenols is 1. The van der Waals surface area contributed by atoms with Gasteiger partial charge in [-0.1, -0.05) is 42.5 Å². The van der Waals surface area contributed by atoms with E-state index in [1.807, 2.05) is 58.3 Å². The maximum atomic E-state index is 14.8. The number of para-hydroxylation sites is 1. The molecule has 0 spiro atoms. The zero-order valence-electron chi connectivity index (χ0n) is 29.6. The van der Waals surface area contributed by atoms with Gasteiger partial charge in [0.15, 0.2) is 0 Å². The number of nitrogens with zero attached hydrogens (tertiary/aromatic N) is 4. The highest BCUT2D eigenvalue weighted by molar-refractivity contribution is 6.08. The molecule has 0 saturated heterocycles. The van der Waals surface area contributed by atoms with Gasteiger partial charge in [0.05, 0.1) is 12.1 Å². The van der Waals surface area contributed by atoms with Crippen molar-refractivity contribution in [2.24, 2.45) is 0 Å². The SMILES string of the molecule is C[C@@H]1Cc2ccccc2CN1C(=O)c1cc2c(cc1-c1cc(C(=O)N(C)c3ccc(O)cc3)c3n1CCCC3)CN(C(=O)CNc1ccccc1)C2. The summed E-state index contributed by atoms with van der Waals surface area (Å²) in [6.45, 7) is 4.42. The number of fused-ring (bicyclic) bond motifs is 3. The number of anilines is 2. The van der Waals surface area contributed by atoms with Gasteiger partial charge in [0.1, 0.15) is 5.75 Å². The number of rotatable bonds is 7. The Hall–Kier alpha value is -5.83. The fourth-order valence-corrected chi connectivity index (χ4v) is 8.03. The van der Waals surface area contributed by atoms with Crippen molar-refractivity contribution in [3.63, 3.8) is 0 Å². The second-order valence-corrected chi connectivity index (χ2v) is 14.3. The molecule has 264 valence electrons. The number of hydrogen-bond acceptors (Lipinski definition) is 5. The Morgan fingerprint density at radius 2 is 1.52 bits per heavy atom. The molecule has 3 amide bonds. The lowest BCUT2D eigenvalue weighted by Gasteiger charge is -2.35. The Bertz CT molecular complexity index is 2170. The summed E-state index contributed by atoms with van der Waals surface area (Å²) in [6.07, 6.45) is 3.49. The Morgan fingerprint density at radius 3 is 2.29 bits per heavy atom. The molecule has 1 aromatic heterocycles. The Balaban J connectivity index is 1.18. The molecule has 0 bridgehead atoms. The predicted octanol–water partition coefficient (Wildman–Crippen LogP) is 7.01. The Labute approximate surface area is 304 Å². The van der Waals surface area contributed by atoms with Gasteiger partial charge < -0.3 is 29.7 Å². The maximum absolute atomic E-state index is 14.8. The van der Waals surface area contributed by atoms with E-state index in [4.69, 9.17) is 0 Å². The third-order valence-corrected chi connectivity index (χ3v) is 10.9. The normalized spacial score (nSPS) is 16.2. The molecule has 0 aliphatic carbocycles. The number of aromatic nitrogens is 1. The molecule has 0 saturated carbocycles. The van der Waals surface area contributed by atoms with E-state index < -0.39 is 0 Å². The van der Waals surface area contributed by atoms with Gasteiger partial charge in [-0.15, -0.1) is 0 Å². The first-order valence-electron chi connectivity index (χ1n) is 18.1. The fourth-order valence-electron chi connectivity index (χ4n) is 8.03. The molecule has 1 atom stereocenters. The highest BCUT2D eigenvalue weighted by Gasteiger charge is 2.34. The summed E-state index contributed by atoms with van der Waals surface area (Å²) < 4.78 is 2.23. The number of nitrogens with one attached hydrogen (secondary N) is 1. The van der Waals surface area contributed by atoms with Crippen LogP contribution in [0.1, 0.15) is 68.4 Å². The van der Waals surface area contributed by atoms with Crippen molar-refractivity contribution in [1.29, 1.82) is 0 Å². The van der Waals surface area contributed by atoms with E-state index in [9.17, 15) is 19.5 Å². The van der Waals surface area contributed by atoms with E-state index in [-0.39, 0.29) is 36.1 Å². The summed E-state index contributed by atoms with van der Waals surface area (Å²) in [5.74, 6) is -0.0570. The summed E-state index contributed by atoms with van der Waals surface area (Å²) in [5, 5.41) is 13.1. The van der Waals surface area contributed by atoms with Gasteiger partial charge in [0.2, 0.25) is 5.91 Å². The number of benzene rings is 4. The second kappa shape index (κ2) is 13.7. The molecule has 0 fully saturated rings. The second-order valence-electron chi connectivity index (χ2n) is 14.3. The third-order valence-electron chi connectivity index (χ3n) is 10.9. The van der Waals surface area contributed by atoms with Crippen LogP contribution >= 0.6 is 0 Å². The van der Waals surface area contributed by atoms with E-state index in [1.54, 1.807) is 36.2 Å². The van der Waals surface area contributed by atoms with Crippen LogP contribution in [0.5, 0.6) is 5.75 Å². The highest BCUT2D eigenvalue weighted by atomic mass is 16.3. The number of aromatic hydroxyl groups is 1. The first-order valence-corrected chi connectivity index (χ1v) is 18.1. The molecule has 3 aliphatic rings. The fraction of sp³-hybridized carbons (Fsp3) is 0.279. The van der Waals surface area contributed by atoms with Crippen LogP contribution in [0.3, 0.4) is 0 Å². The molecule has 4 aromatic carbocycles. The summed E-state index contributed by atoms with van der Waals surface area (Å²) in [5.41, 5.74) is 9.81. The van der Waals surface area contributed by atoms with E-state index in [2.05, 4.69) is 41.1 Å². The van der Waals surface area contributed by atoms with Crippen molar-refractivity contribution in [1.82, 2.24) is 14.4 Å². The topological polar surface area (TPSA) is 98.1 Å². The zero-order chi connectivity index (χ0) is 35.9. The number of hydrogen-bond donors (Lipinski definition) is 2. The standard InChI is InChI=1S/C43H43N5O4/c1-28-20-29-10-6-7-11-30(29)27-48(28)43(52)37-22-32-26-46(41(50)24-44-33-12-4-3-5-13-33)25-31(32)21-36(37)40-23-38(39-14-8-9-19-47(39)40)42(51)45(2)34-15-17-35(49)18-16-34/h3-7,10-13,15-18,21-23,28,44,49H,8-9,14,19-20,24-27H2,1-2H3/t28-/m1/s1. The van der Waals surface area contributed by atoms with Crippen LogP contribution in [0.4, 0.5) is 11.4 Å². The minimum atomic E-state index is -0.138. The van der Waals surface area contributed by atoms with Gasteiger partial charge in [-0.25, -0.2) is 0 Å². The van der Waals surface area contributed by atoms with E-state index >= 15 is 0 Å². The third kappa shape index (κ3) is 6.21. The average molecular weight is 694 g/mol. The van der Waals surface area contributed by atoms with Gasteiger partial charge in [0.25, 0.3) is 11.8 Å². The zero-order valence-corrected chi connectivity index (χ0v) is 29.6. The van der Waals surface area contributed by atoms with Gasteiger partial charge in [0, 0.05) is 73.2 Å². The lowest BCUT2D eigenvalue weighted by atomic mass is 9.92. The summed E-state index contributed by atoms with van der Waals surface area (Å²) in [4.78, 5) is 47.9. The van der Waals surface area contributed by atoms with Crippen molar-refractivity contribution in [3.8, 4) is 17.0 Å². The highest BCUT2D eigenvalue weighted by Crippen LogP contribution is 2.38. The van der Waals surface area contributed by atoms with Gasteiger partial charge in [-0.3, -0.25) is 14.4 Å². The number of amides is 3. The molecular weight excluding hydrogens is 651 g/mol. The van der Waals surface area contributed by atoms with E-state index in [0.29, 0.717) is 36.4 Å². The molecule has 0 unspecified atom stereocenters. The average Bonchev–Trinajstić information content (AvgIpc) is 3.78. The molecule has 9 nitrogen and oxygen atoms in total. The predicted molar refractivity (Wildman–Crippen MR) is 202 cm³/mol.